The Kier molecular flexibility index (Phi) is 5.00. The van der Waals surface area contributed by atoms with E-state index in [1.54, 1.807) is 13.2 Å². The van der Waals surface area contributed by atoms with E-state index in [1.165, 1.54) is 0 Å². The van der Waals surface area contributed by atoms with Gasteiger partial charge >= 0.3 is 5.63 Å². The molecule has 4 rings (SSSR count). The van der Waals surface area contributed by atoms with Crippen molar-refractivity contribution in [3.05, 3.63) is 46.3 Å². The largest absolute Gasteiger partial charge is 0.497 e. The van der Waals surface area contributed by atoms with Gasteiger partial charge in [0.2, 0.25) is 5.89 Å². The van der Waals surface area contributed by atoms with Crippen molar-refractivity contribution in [3.8, 4) is 17.3 Å². The number of nitrogens with zero attached hydrogens (tertiary/aromatic N) is 4. The van der Waals surface area contributed by atoms with Crippen LogP contribution in [0.2, 0.25) is 0 Å². The Hall–Kier alpha value is -2.93. The monoisotopic (exact) mass is 380 g/mol. The van der Waals surface area contributed by atoms with Gasteiger partial charge in [0.25, 0.3) is 0 Å². The van der Waals surface area contributed by atoms with Gasteiger partial charge in [-0.05, 0) is 37.2 Å². The van der Waals surface area contributed by atoms with Gasteiger partial charge in [0, 0.05) is 32.2 Å². The van der Waals surface area contributed by atoms with Crippen LogP contribution in [0.4, 0.5) is 5.82 Å². The third-order valence-corrected chi connectivity index (χ3v) is 5.19. The molecule has 7 nitrogen and oxygen atoms in total. The molecule has 0 N–H and O–H groups in total. The molecular weight excluding hydrogens is 356 g/mol. The first-order chi connectivity index (χ1) is 13.6. The van der Waals surface area contributed by atoms with Gasteiger partial charge in [-0.1, -0.05) is 13.0 Å². The number of piperazine rings is 1. The predicted octanol–water partition coefficient (Wildman–Crippen LogP) is 2.57. The molecule has 0 saturated carbocycles. The third kappa shape index (κ3) is 3.45. The normalized spacial score (nSPS) is 15.2. The summed E-state index contributed by atoms with van der Waals surface area (Å²) in [5.41, 5.74) is 1.58. The van der Waals surface area contributed by atoms with Crippen LogP contribution in [0.1, 0.15) is 12.5 Å². The van der Waals surface area contributed by atoms with Crippen LogP contribution >= 0.6 is 0 Å². The maximum absolute atomic E-state index is 12.7. The fourth-order valence-electron chi connectivity index (χ4n) is 3.51. The summed E-state index contributed by atoms with van der Waals surface area (Å²) in [6.45, 7) is 5.81. The van der Waals surface area contributed by atoms with Crippen molar-refractivity contribution < 1.29 is 9.15 Å². The molecule has 0 aliphatic carbocycles. The summed E-state index contributed by atoms with van der Waals surface area (Å²) in [5.74, 6) is 1.77. The highest BCUT2D eigenvalue weighted by Gasteiger charge is 2.18. The summed E-state index contributed by atoms with van der Waals surface area (Å²) in [6, 6.07) is 9.33. The summed E-state index contributed by atoms with van der Waals surface area (Å²) >= 11 is 0. The smallest absolute Gasteiger partial charge is 0.347 e. The van der Waals surface area contributed by atoms with E-state index in [0.717, 1.165) is 37.6 Å². The zero-order chi connectivity index (χ0) is 19.7. The van der Waals surface area contributed by atoms with E-state index < -0.39 is 5.63 Å². The number of methoxy groups -OCH3 is 1. The van der Waals surface area contributed by atoms with Crippen LogP contribution in [-0.2, 0) is 6.42 Å². The molecule has 2 aromatic heterocycles. The Morgan fingerprint density at radius 3 is 2.64 bits per heavy atom. The lowest BCUT2D eigenvalue weighted by Gasteiger charge is -2.33. The number of pyridine rings is 1. The van der Waals surface area contributed by atoms with E-state index in [9.17, 15) is 4.79 Å². The summed E-state index contributed by atoms with van der Waals surface area (Å²) in [7, 11) is 3.72. The highest BCUT2D eigenvalue weighted by molar-refractivity contribution is 5.83. The van der Waals surface area contributed by atoms with Gasteiger partial charge in [-0.25, -0.2) is 14.8 Å². The molecule has 1 aliphatic rings. The molecule has 146 valence electrons. The highest BCUT2D eigenvalue weighted by Crippen LogP contribution is 2.25. The Labute approximate surface area is 163 Å². The molecule has 7 heteroatoms. The number of likely N-dealkylation sites (N-methyl/N-ethyl adjacent to an activating group) is 1. The summed E-state index contributed by atoms with van der Waals surface area (Å²) in [4.78, 5) is 26.5. The topological polar surface area (TPSA) is 71.7 Å². The molecule has 0 unspecified atom stereocenters. The second-order valence-corrected chi connectivity index (χ2v) is 7.01. The van der Waals surface area contributed by atoms with Gasteiger partial charge < -0.3 is 19.0 Å². The van der Waals surface area contributed by atoms with Crippen LogP contribution in [0.5, 0.6) is 5.75 Å². The standard InChI is InChI=1S/C21H24N4O3/c1-4-14-12-15(27-3)13-17-19(14)21(26)28-20(23-17)16-6-5-7-18(22-16)25-10-8-24(2)9-11-25/h5-7,12-13H,4,8-11H2,1-3H3. The number of aromatic nitrogens is 2. The lowest BCUT2D eigenvalue weighted by molar-refractivity contribution is 0.312. The molecule has 1 aromatic carbocycles. The fraction of sp³-hybridized carbons (Fsp3) is 0.381. The van der Waals surface area contributed by atoms with Crippen molar-refractivity contribution in [3.63, 3.8) is 0 Å². The van der Waals surface area contributed by atoms with Crippen molar-refractivity contribution >= 4 is 16.7 Å². The highest BCUT2D eigenvalue weighted by atomic mass is 16.5. The third-order valence-electron chi connectivity index (χ3n) is 5.19. The van der Waals surface area contributed by atoms with Gasteiger partial charge in [-0.2, -0.15) is 0 Å². The van der Waals surface area contributed by atoms with Crippen LogP contribution in [0, 0.1) is 0 Å². The van der Waals surface area contributed by atoms with E-state index in [-0.39, 0.29) is 5.89 Å². The molecule has 1 saturated heterocycles. The molecule has 0 spiro atoms. The molecule has 28 heavy (non-hydrogen) atoms. The van der Waals surface area contributed by atoms with E-state index in [4.69, 9.17) is 14.1 Å². The van der Waals surface area contributed by atoms with Crippen LogP contribution in [0.15, 0.2) is 39.5 Å². The Bertz CT molecular complexity index is 1060. The molecule has 3 heterocycles. The molecule has 0 bridgehead atoms. The molecule has 0 radical (unpaired) electrons. The van der Waals surface area contributed by atoms with Gasteiger partial charge in [-0.15, -0.1) is 0 Å². The van der Waals surface area contributed by atoms with Crippen LogP contribution < -0.4 is 15.3 Å². The van der Waals surface area contributed by atoms with Crippen LogP contribution in [0.25, 0.3) is 22.5 Å². The van der Waals surface area contributed by atoms with Gasteiger partial charge in [-0.3, -0.25) is 0 Å². The van der Waals surface area contributed by atoms with Gasteiger partial charge in [0.1, 0.15) is 17.3 Å². The van der Waals surface area contributed by atoms with Gasteiger partial charge in [0.05, 0.1) is 18.0 Å². The number of hydrogen-bond acceptors (Lipinski definition) is 7. The van der Waals surface area contributed by atoms with E-state index in [1.807, 2.05) is 31.2 Å². The molecule has 3 aromatic rings. The number of fused-ring (bicyclic) bond motifs is 1. The summed E-state index contributed by atoms with van der Waals surface area (Å²) in [5, 5.41) is 0.502. The van der Waals surface area contributed by atoms with Crippen molar-refractivity contribution in [2.45, 2.75) is 13.3 Å². The minimum atomic E-state index is -0.397. The first-order valence-corrected chi connectivity index (χ1v) is 9.51. The lowest BCUT2D eigenvalue weighted by Crippen LogP contribution is -2.44. The Morgan fingerprint density at radius 2 is 1.93 bits per heavy atom. The minimum Gasteiger partial charge on any atom is -0.497 e. The Morgan fingerprint density at radius 1 is 1.14 bits per heavy atom. The minimum absolute atomic E-state index is 0.226. The van der Waals surface area contributed by atoms with Crippen molar-refractivity contribution in [2.24, 2.45) is 0 Å². The fourth-order valence-corrected chi connectivity index (χ4v) is 3.51. The summed E-state index contributed by atoms with van der Waals surface area (Å²) in [6.07, 6.45) is 0.691. The number of anilines is 1. The van der Waals surface area contributed by atoms with Crippen LogP contribution in [0.3, 0.4) is 0 Å². The average Bonchev–Trinajstić information content (AvgIpc) is 2.73. The molecule has 0 atom stereocenters. The van der Waals surface area contributed by atoms with Gasteiger partial charge in [0.15, 0.2) is 0 Å². The van der Waals surface area contributed by atoms with E-state index in [2.05, 4.69) is 21.8 Å². The molecular formula is C21H24N4O3. The second-order valence-electron chi connectivity index (χ2n) is 7.01. The van der Waals surface area contributed by atoms with E-state index in [0.29, 0.717) is 28.8 Å². The quantitative estimate of drug-likeness (QED) is 0.689. The van der Waals surface area contributed by atoms with Crippen molar-refractivity contribution in [2.75, 3.05) is 45.2 Å². The molecule has 1 fully saturated rings. The average molecular weight is 380 g/mol. The SMILES string of the molecule is CCc1cc(OC)cc2nc(-c3cccc(N4CCN(C)CC4)n3)oc(=O)c12. The second kappa shape index (κ2) is 7.59. The molecule has 1 aliphatic heterocycles. The zero-order valence-electron chi connectivity index (χ0n) is 16.4. The maximum atomic E-state index is 12.7. The number of ether oxygens (including phenoxy) is 1. The van der Waals surface area contributed by atoms with Crippen molar-refractivity contribution in [1.29, 1.82) is 0 Å². The predicted molar refractivity (Wildman–Crippen MR) is 109 cm³/mol. The number of aryl methyl sites for hydroxylation is 1. The number of hydrogen-bond donors (Lipinski definition) is 0. The zero-order valence-corrected chi connectivity index (χ0v) is 16.4. The van der Waals surface area contributed by atoms with Crippen LogP contribution in [-0.4, -0.2) is 55.2 Å². The first-order valence-electron chi connectivity index (χ1n) is 9.51. The summed E-state index contributed by atoms with van der Waals surface area (Å²) < 4.78 is 10.9. The van der Waals surface area contributed by atoms with Crippen molar-refractivity contribution in [1.82, 2.24) is 14.9 Å². The maximum Gasteiger partial charge on any atom is 0.347 e. The lowest BCUT2D eigenvalue weighted by atomic mass is 10.1. The molecule has 0 amide bonds. The Balaban J connectivity index is 1.77. The number of benzene rings is 1. The number of rotatable bonds is 4. The van der Waals surface area contributed by atoms with E-state index >= 15 is 0 Å². The first kappa shape index (κ1) is 18.4.